The van der Waals surface area contributed by atoms with E-state index in [4.69, 9.17) is 0 Å². The first-order valence-electron chi connectivity index (χ1n) is 17.1. The largest absolute Gasteiger partial charge is 0.336 e. The highest BCUT2D eigenvalue weighted by Gasteiger charge is 2.59. The molecule has 0 atom stereocenters. The average molecular weight is 614 g/mol. The van der Waals surface area contributed by atoms with Crippen LogP contribution in [0.1, 0.15) is 44.1 Å². The van der Waals surface area contributed by atoms with Crippen LogP contribution in [0.4, 0.5) is 11.4 Å². The van der Waals surface area contributed by atoms with Gasteiger partial charge < -0.3 is 4.90 Å². The van der Waals surface area contributed by atoms with E-state index < -0.39 is 8.07 Å². The lowest BCUT2D eigenvalue weighted by atomic mass is 9.34. The molecule has 0 N–H and O–H groups in total. The summed E-state index contributed by atoms with van der Waals surface area (Å²) in [5.41, 5.74) is 9.53. The van der Waals surface area contributed by atoms with Crippen LogP contribution in [0, 0.1) is 24.7 Å². The molecular formula is C41H36BNSSi. The summed E-state index contributed by atoms with van der Waals surface area (Å²) in [6.45, 7) is 2.63. The lowest BCUT2D eigenvalue weighted by Gasteiger charge is -2.63. The maximum atomic E-state index is 2.99. The third kappa shape index (κ3) is 3.18. The van der Waals surface area contributed by atoms with Crippen LogP contribution in [0.15, 0.2) is 119 Å². The van der Waals surface area contributed by atoms with Gasteiger partial charge >= 0.3 is 0 Å². The van der Waals surface area contributed by atoms with Gasteiger partial charge in [0.15, 0.2) is 8.07 Å². The summed E-state index contributed by atoms with van der Waals surface area (Å²) >= 11 is 2.05. The van der Waals surface area contributed by atoms with Gasteiger partial charge in [0, 0.05) is 26.7 Å². The van der Waals surface area contributed by atoms with Crippen molar-refractivity contribution in [1.29, 1.82) is 0 Å². The van der Waals surface area contributed by atoms with Crippen molar-refractivity contribution in [3.05, 3.63) is 115 Å². The number of hydrogen-bond acceptors (Lipinski definition) is 2. The first-order chi connectivity index (χ1) is 22.1. The van der Waals surface area contributed by atoms with E-state index in [-0.39, 0.29) is 5.54 Å². The highest BCUT2D eigenvalue weighted by molar-refractivity contribution is 8.00. The molecule has 4 fully saturated rings. The SMILES string of the molecule is Cc1cc2c3c(c1)N(C14CC5CC(CC(C5)C1)C4)c1cccc4c1B3c1c(cccc1[Si]4(c1ccccc1)c1ccccc1)S2. The molecule has 4 saturated carbocycles. The summed E-state index contributed by atoms with van der Waals surface area (Å²) in [4.78, 5) is 5.95. The van der Waals surface area contributed by atoms with Crippen LogP contribution in [-0.2, 0) is 0 Å². The van der Waals surface area contributed by atoms with Crippen molar-refractivity contribution in [2.75, 3.05) is 4.90 Å². The van der Waals surface area contributed by atoms with Crippen molar-refractivity contribution < 1.29 is 0 Å². The second kappa shape index (κ2) is 8.86. The molecule has 0 amide bonds. The third-order valence-corrected chi connectivity index (χ3v) is 18.7. The highest BCUT2D eigenvalue weighted by atomic mass is 32.2. The van der Waals surface area contributed by atoms with E-state index in [0.29, 0.717) is 6.71 Å². The predicted octanol–water partition coefficient (Wildman–Crippen LogP) is 5.09. The summed E-state index contributed by atoms with van der Waals surface area (Å²) in [5.74, 6) is 2.70. The molecule has 5 aromatic carbocycles. The molecule has 1 nitrogen and oxygen atoms in total. The van der Waals surface area contributed by atoms with Gasteiger partial charge in [0.05, 0.1) is 0 Å². The predicted molar refractivity (Wildman–Crippen MR) is 193 cm³/mol. The van der Waals surface area contributed by atoms with Crippen molar-refractivity contribution in [3.8, 4) is 0 Å². The average Bonchev–Trinajstić information content (AvgIpc) is 3.05. The number of anilines is 2. The molecule has 0 unspecified atom stereocenters. The Bertz CT molecular complexity index is 1980. The molecule has 7 aliphatic rings. The Kier molecular flexibility index (Phi) is 5.06. The Balaban J connectivity index is 1.29. The first-order valence-corrected chi connectivity index (χ1v) is 20.0. The summed E-state index contributed by atoms with van der Waals surface area (Å²) in [6, 6.07) is 43.1. The topological polar surface area (TPSA) is 3.24 Å². The van der Waals surface area contributed by atoms with Gasteiger partial charge in [-0.1, -0.05) is 102 Å². The highest BCUT2D eigenvalue weighted by Crippen LogP contribution is 2.60. The van der Waals surface area contributed by atoms with Crippen LogP contribution in [0.25, 0.3) is 0 Å². The maximum Gasteiger partial charge on any atom is 0.249 e. The van der Waals surface area contributed by atoms with Crippen LogP contribution in [0.3, 0.4) is 0 Å². The molecule has 0 spiro atoms. The monoisotopic (exact) mass is 613 g/mol. The van der Waals surface area contributed by atoms with E-state index in [1.807, 2.05) is 11.8 Å². The van der Waals surface area contributed by atoms with Crippen LogP contribution in [0.5, 0.6) is 0 Å². The quantitative estimate of drug-likeness (QED) is 0.256. The van der Waals surface area contributed by atoms with Gasteiger partial charge in [0.1, 0.15) is 0 Å². The fraction of sp³-hybridized carbons (Fsp3) is 0.268. The van der Waals surface area contributed by atoms with Crippen molar-refractivity contribution >= 4 is 75.1 Å². The van der Waals surface area contributed by atoms with E-state index in [1.54, 1.807) is 26.8 Å². The zero-order valence-electron chi connectivity index (χ0n) is 25.8. The number of aryl methyl sites for hydroxylation is 1. The molecule has 4 bridgehead atoms. The van der Waals surface area contributed by atoms with Gasteiger partial charge in [-0.3, -0.25) is 0 Å². The molecule has 4 aliphatic carbocycles. The Morgan fingerprint density at radius 2 is 1.22 bits per heavy atom. The van der Waals surface area contributed by atoms with Crippen molar-refractivity contribution in [2.24, 2.45) is 17.8 Å². The van der Waals surface area contributed by atoms with Gasteiger partial charge in [-0.2, -0.15) is 0 Å². The van der Waals surface area contributed by atoms with Crippen molar-refractivity contribution in [2.45, 2.75) is 60.8 Å². The lowest BCUT2D eigenvalue weighted by Crippen LogP contribution is -2.88. The Labute approximate surface area is 272 Å². The van der Waals surface area contributed by atoms with Crippen LogP contribution in [-0.4, -0.2) is 20.3 Å². The first kappa shape index (κ1) is 25.7. The second-order valence-corrected chi connectivity index (χ2v) is 20.0. The normalized spacial score (nSPS) is 27.0. The zero-order valence-corrected chi connectivity index (χ0v) is 27.6. The molecule has 3 heterocycles. The Morgan fingerprint density at radius 1 is 0.622 bits per heavy atom. The van der Waals surface area contributed by atoms with Crippen LogP contribution in [0.2, 0.25) is 0 Å². The summed E-state index contributed by atoms with van der Waals surface area (Å²) in [7, 11) is -2.62. The van der Waals surface area contributed by atoms with Crippen molar-refractivity contribution in [1.82, 2.24) is 0 Å². The third-order valence-electron chi connectivity index (χ3n) is 12.7. The fourth-order valence-electron chi connectivity index (χ4n) is 11.8. The van der Waals surface area contributed by atoms with Gasteiger partial charge in [0.25, 0.3) is 0 Å². The van der Waals surface area contributed by atoms with E-state index in [1.165, 1.54) is 75.6 Å². The minimum Gasteiger partial charge on any atom is -0.336 e. The number of rotatable bonds is 3. The minimum absolute atomic E-state index is 0.238. The van der Waals surface area contributed by atoms with E-state index in [2.05, 4.69) is 121 Å². The molecule has 12 rings (SSSR count). The van der Waals surface area contributed by atoms with Gasteiger partial charge in [-0.15, -0.1) is 0 Å². The smallest absolute Gasteiger partial charge is 0.249 e. The Hall–Kier alpha value is -3.47. The fourth-order valence-corrected chi connectivity index (χ4v) is 18.5. The molecule has 5 aromatic rings. The molecule has 45 heavy (non-hydrogen) atoms. The van der Waals surface area contributed by atoms with E-state index >= 15 is 0 Å². The zero-order chi connectivity index (χ0) is 29.5. The molecule has 3 aliphatic heterocycles. The number of hydrogen-bond donors (Lipinski definition) is 0. The summed E-state index contributed by atoms with van der Waals surface area (Å²) in [5, 5.41) is 6.22. The summed E-state index contributed by atoms with van der Waals surface area (Å²) < 4.78 is 0. The molecule has 0 saturated heterocycles. The maximum absolute atomic E-state index is 2.99. The standard InChI is InChI=1S/C41H36BNSSi/c1-26-18-33-38-35(19-26)44-34-15-9-17-37-40(34)42(38)39-32(43(33)41-23-27-20-28(24-41)22-29(21-27)25-41)14-8-16-36(39)45(37,30-10-4-2-5-11-30)31-12-6-3-7-13-31/h2-19,27-29H,20-25H2,1H3. The molecule has 0 aromatic heterocycles. The minimum atomic E-state index is -2.62. The van der Waals surface area contributed by atoms with Crippen LogP contribution >= 0.6 is 11.8 Å². The van der Waals surface area contributed by atoms with E-state index in [9.17, 15) is 0 Å². The summed E-state index contributed by atoms with van der Waals surface area (Å²) in [6.07, 6.45) is 8.51. The van der Waals surface area contributed by atoms with Gasteiger partial charge in [-0.05, 0) is 125 Å². The molecule has 0 radical (unpaired) electrons. The molecule has 218 valence electrons. The van der Waals surface area contributed by atoms with Crippen LogP contribution < -0.4 is 42.0 Å². The Morgan fingerprint density at radius 3 is 1.87 bits per heavy atom. The molecular weight excluding hydrogens is 577 g/mol. The number of nitrogens with zero attached hydrogens (tertiary/aromatic N) is 1. The lowest BCUT2D eigenvalue weighted by molar-refractivity contribution is 0.000627. The van der Waals surface area contributed by atoms with E-state index in [0.717, 1.165) is 17.8 Å². The second-order valence-electron chi connectivity index (χ2n) is 15.1. The number of benzene rings is 5. The van der Waals surface area contributed by atoms with Gasteiger partial charge in [-0.25, -0.2) is 0 Å². The van der Waals surface area contributed by atoms with Crippen molar-refractivity contribution in [3.63, 3.8) is 0 Å². The van der Waals surface area contributed by atoms with Gasteiger partial charge in [0.2, 0.25) is 6.71 Å². The molecule has 4 heteroatoms.